The molecule has 0 bridgehead atoms. The van der Waals surface area contributed by atoms with E-state index in [1.807, 2.05) is 0 Å². The van der Waals surface area contributed by atoms with Gasteiger partial charge >= 0.3 is 17.9 Å². The van der Waals surface area contributed by atoms with Gasteiger partial charge in [-0.1, -0.05) is 243 Å². The first-order valence-corrected chi connectivity index (χ1v) is 30.0. The summed E-state index contributed by atoms with van der Waals surface area (Å²) in [5.74, 6) is -0.876. The Kier molecular flexibility index (Phi) is 55.2. The Morgan fingerprint density at radius 2 is 0.485 bits per heavy atom. The molecule has 0 fully saturated rings. The van der Waals surface area contributed by atoms with Gasteiger partial charge in [0.15, 0.2) is 6.10 Å². The number of esters is 3. The molecule has 0 aromatic rings. The maximum Gasteiger partial charge on any atom is 0.306 e. The fraction of sp³-hybridized carbons (Fsp3) is 0.855. The van der Waals surface area contributed by atoms with Crippen molar-refractivity contribution in [1.29, 1.82) is 0 Å². The van der Waals surface area contributed by atoms with Crippen molar-refractivity contribution in [3.05, 3.63) is 36.5 Å². The van der Waals surface area contributed by atoms with Crippen LogP contribution >= 0.6 is 0 Å². The van der Waals surface area contributed by atoms with E-state index in [2.05, 4.69) is 57.2 Å². The minimum atomic E-state index is -0.778. The van der Waals surface area contributed by atoms with E-state index in [1.54, 1.807) is 0 Å². The van der Waals surface area contributed by atoms with Crippen LogP contribution < -0.4 is 0 Å². The Balaban J connectivity index is 4.36. The molecule has 0 N–H and O–H groups in total. The van der Waals surface area contributed by atoms with Crippen LogP contribution in [0, 0.1) is 0 Å². The second-order valence-electron chi connectivity index (χ2n) is 20.2. The zero-order valence-electron chi connectivity index (χ0n) is 45.6. The molecule has 398 valence electrons. The predicted octanol–water partition coefficient (Wildman–Crippen LogP) is 20.0. The summed E-state index contributed by atoms with van der Waals surface area (Å²) < 4.78 is 16.9. The molecule has 0 aromatic carbocycles. The highest BCUT2D eigenvalue weighted by atomic mass is 16.6. The Morgan fingerprint density at radius 1 is 0.279 bits per heavy atom. The molecular formula is C62H114O6. The van der Waals surface area contributed by atoms with Crippen LogP contribution in [0.4, 0.5) is 0 Å². The number of carbonyl (C=O) groups is 3. The van der Waals surface area contributed by atoms with Crippen LogP contribution in [0.5, 0.6) is 0 Å². The van der Waals surface area contributed by atoms with E-state index in [-0.39, 0.29) is 31.1 Å². The van der Waals surface area contributed by atoms with Crippen LogP contribution in [0.1, 0.15) is 323 Å². The molecular weight excluding hydrogens is 841 g/mol. The maximum absolute atomic E-state index is 12.9. The van der Waals surface area contributed by atoms with E-state index in [1.165, 1.54) is 218 Å². The lowest BCUT2D eigenvalue weighted by Crippen LogP contribution is -2.30. The van der Waals surface area contributed by atoms with Gasteiger partial charge in [0, 0.05) is 19.3 Å². The summed E-state index contributed by atoms with van der Waals surface area (Å²) in [7, 11) is 0. The van der Waals surface area contributed by atoms with Gasteiger partial charge in [0.2, 0.25) is 0 Å². The second-order valence-corrected chi connectivity index (χ2v) is 20.2. The van der Waals surface area contributed by atoms with E-state index in [4.69, 9.17) is 14.2 Å². The zero-order chi connectivity index (χ0) is 49.3. The molecule has 0 saturated heterocycles. The molecule has 68 heavy (non-hydrogen) atoms. The zero-order valence-corrected chi connectivity index (χ0v) is 45.6. The number of hydrogen-bond donors (Lipinski definition) is 0. The minimum Gasteiger partial charge on any atom is -0.462 e. The van der Waals surface area contributed by atoms with Crippen molar-refractivity contribution in [2.45, 2.75) is 329 Å². The summed E-state index contributed by atoms with van der Waals surface area (Å²) >= 11 is 0. The quantitative estimate of drug-likeness (QED) is 0.0262. The molecule has 0 heterocycles. The first-order chi connectivity index (χ1) is 33.5. The smallest absolute Gasteiger partial charge is 0.306 e. The van der Waals surface area contributed by atoms with Crippen LogP contribution in [0.25, 0.3) is 0 Å². The first-order valence-electron chi connectivity index (χ1n) is 30.0. The normalized spacial score (nSPS) is 12.2. The lowest BCUT2D eigenvalue weighted by Gasteiger charge is -2.18. The fourth-order valence-corrected chi connectivity index (χ4v) is 8.78. The third-order valence-electron chi connectivity index (χ3n) is 13.3. The van der Waals surface area contributed by atoms with Gasteiger partial charge in [-0.3, -0.25) is 14.4 Å². The molecule has 0 radical (unpaired) electrons. The lowest BCUT2D eigenvalue weighted by atomic mass is 10.1. The van der Waals surface area contributed by atoms with Gasteiger partial charge in [0.05, 0.1) is 0 Å². The second kappa shape index (κ2) is 57.2. The molecule has 6 nitrogen and oxygen atoms in total. The number of rotatable bonds is 55. The van der Waals surface area contributed by atoms with Gasteiger partial charge in [-0.2, -0.15) is 0 Å². The molecule has 0 aliphatic heterocycles. The summed E-state index contributed by atoms with van der Waals surface area (Å²) in [4.78, 5) is 38.2. The number of carbonyl (C=O) groups excluding carboxylic acids is 3. The van der Waals surface area contributed by atoms with Gasteiger partial charge in [-0.15, -0.1) is 0 Å². The third-order valence-corrected chi connectivity index (χ3v) is 13.3. The maximum atomic E-state index is 12.9. The molecule has 0 aromatic heterocycles. The van der Waals surface area contributed by atoms with Crippen LogP contribution in [-0.2, 0) is 28.6 Å². The van der Waals surface area contributed by atoms with Crippen molar-refractivity contribution in [3.63, 3.8) is 0 Å². The van der Waals surface area contributed by atoms with Gasteiger partial charge in [-0.05, 0) is 96.3 Å². The fourth-order valence-electron chi connectivity index (χ4n) is 8.78. The summed E-state index contributed by atoms with van der Waals surface area (Å²) in [6.45, 7) is 6.65. The highest BCUT2D eigenvalue weighted by Crippen LogP contribution is 2.16. The number of ether oxygens (including phenoxy) is 3. The molecule has 0 rings (SSSR count). The van der Waals surface area contributed by atoms with Gasteiger partial charge in [-0.25, -0.2) is 0 Å². The molecule has 0 amide bonds. The summed E-state index contributed by atoms with van der Waals surface area (Å²) in [6.07, 6.45) is 68.5. The summed E-state index contributed by atoms with van der Waals surface area (Å²) in [5, 5.41) is 0. The van der Waals surface area contributed by atoms with Crippen molar-refractivity contribution < 1.29 is 28.6 Å². The molecule has 0 spiro atoms. The number of allylic oxidation sites excluding steroid dienone is 6. The topological polar surface area (TPSA) is 78.9 Å². The summed E-state index contributed by atoms with van der Waals surface area (Å²) in [6, 6.07) is 0. The lowest BCUT2D eigenvalue weighted by molar-refractivity contribution is -0.167. The average Bonchev–Trinajstić information content (AvgIpc) is 3.34. The van der Waals surface area contributed by atoms with Crippen molar-refractivity contribution in [2.24, 2.45) is 0 Å². The van der Waals surface area contributed by atoms with Crippen LogP contribution in [0.3, 0.4) is 0 Å². The van der Waals surface area contributed by atoms with Crippen LogP contribution in [0.2, 0.25) is 0 Å². The van der Waals surface area contributed by atoms with Crippen molar-refractivity contribution in [2.75, 3.05) is 13.2 Å². The Hall–Kier alpha value is -2.37. The third kappa shape index (κ3) is 54.6. The van der Waals surface area contributed by atoms with E-state index < -0.39 is 6.10 Å². The molecule has 0 saturated carbocycles. The van der Waals surface area contributed by atoms with Crippen molar-refractivity contribution in [3.8, 4) is 0 Å². The standard InChI is InChI=1S/C62H114O6/c1-4-7-10-13-16-19-22-25-28-30-32-34-37-40-43-46-49-52-55-61(64)67-58-59(57-66-60(63)54-51-48-45-42-39-36-27-24-21-18-15-12-9-6-3)68-62(65)56-53-50-47-44-41-38-35-33-31-29-26-23-20-17-14-11-8-5-2/h24,27-31,59H,4-23,25-26,32-58H2,1-3H3/b27-24-,30-28-,31-29-. The molecule has 6 heteroatoms. The van der Waals surface area contributed by atoms with Crippen LogP contribution in [-0.4, -0.2) is 37.2 Å². The molecule has 0 aliphatic rings. The number of hydrogen-bond acceptors (Lipinski definition) is 6. The molecule has 1 atom stereocenters. The van der Waals surface area contributed by atoms with Gasteiger partial charge in [0.1, 0.15) is 13.2 Å². The Labute approximate surface area is 423 Å². The highest BCUT2D eigenvalue weighted by molar-refractivity contribution is 5.71. The minimum absolute atomic E-state index is 0.0764. The van der Waals surface area contributed by atoms with Crippen molar-refractivity contribution >= 4 is 17.9 Å². The van der Waals surface area contributed by atoms with Crippen molar-refractivity contribution in [1.82, 2.24) is 0 Å². The SMILES string of the molecule is CCCCCCC/C=C\CCCCCCCC(=O)OCC(COC(=O)CCCCCCCCC/C=C\CCCCCCCCC)OC(=O)CCCCCCCCC/C=C\CCCCCCCCC. The Morgan fingerprint density at radius 3 is 0.735 bits per heavy atom. The first kappa shape index (κ1) is 65.6. The summed E-state index contributed by atoms with van der Waals surface area (Å²) in [5.41, 5.74) is 0. The van der Waals surface area contributed by atoms with E-state index in [0.717, 1.165) is 64.2 Å². The Bertz CT molecular complexity index is 1140. The average molecular weight is 956 g/mol. The largest absolute Gasteiger partial charge is 0.462 e. The van der Waals surface area contributed by atoms with Gasteiger partial charge in [0.25, 0.3) is 0 Å². The number of unbranched alkanes of at least 4 members (excludes halogenated alkanes) is 38. The monoisotopic (exact) mass is 955 g/mol. The van der Waals surface area contributed by atoms with Gasteiger partial charge < -0.3 is 14.2 Å². The predicted molar refractivity (Wildman–Crippen MR) is 293 cm³/mol. The van der Waals surface area contributed by atoms with E-state index >= 15 is 0 Å². The molecule has 1 unspecified atom stereocenters. The molecule has 0 aliphatic carbocycles. The highest BCUT2D eigenvalue weighted by Gasteiger charge is 2.19. The van der Waals surface area contributed by atoms with Crippen LogP contribution in [0.15, 0.2) is 36.5 Å². The van der Waals surface area contributed by atoms with E-state index in [0.29, 0.717) is 19.3 Å². The van der Waals surface area contributed by atoms with E-state index in [9.17, 15) is 14.4 Å².